The molecular weight excluding hydrogens is 368 g/mol. The number of halogens is 1. The van der Waals surface area contributed by atoms with Gasteiger partial charge in [0.1, 0.15) is 5.75 Å². The van der Waals surface area contributed by atoms with Crippen LogP contribution in [0.2, 0.25) is 5.02 Å². The van der Waals surface area contributed by atoms with E-state index in [2.05, 4.69) is 43.2 Å². The Kier molecular flexibility index (Phi) is 6.79. The van der Waals surface area contributed by atoms with E-state index in [0.29, 0.717) is 17.5 Å². The van der Waals surface area contributed by atoms with Gasteiger partial charge in [-0.2, -0.15) is 5.10 Å². The second kappa shape index (κ2) is 9.29. The molecule has 3 aromatic rings. The van der Waals surface area contributed by atoms with Gasteiger partial charge in [0.2, 0.25) is 0 Å². The number of nitrogens with zero attached hydrogens (tertiary/aromatic N) is 2. The van der Waals surface area contributed by atoms with E-state index in [0.717, 1.165) is 34.7 Å². The molecule has 0 amide bonds. The van der Waals surface area contributed by atoms with Crippen molar-refractivity contribution < 1.29 is 4.74 Å². The Morgan fingerprint density at radius 3 is 2.39 bits per heavy atom. The van der Waals surface area contributed by atoms with Crippen molar-refractivity contribution >= 4 is 11.6 Å². The van der Waals surface area contributed by atoms with Crippen LogP contribution in [0.5, 0.6) is 5.75 Å². The summed E-state index contributed by atoms with van der Waals surface area (Å²) in [7, 11) is 0. The fourth-order valence-corrected chi connectivity index (χ4v) is 3.93. The third kappa shape index (κ3) is 4.41. The van der Waals surface area contributed by atoms with Crippen LogP contribution in [-0.4, -0.2) is 16.4 Å². The molecule has 0 aliphatic heterocycles. The van der Waals surface area contributed by atoms with Crippen LogP contribution < -0.4 is 4.74 Å². The van der Waals surface area contributed by atoms with E-state index >= 15 is 0 Å². The lowest BCUT2D eigenvalue weighted by Gasteiger charge is -2.20. The molecule has 28 heavy (non-hydrogen) atoms. The second-order valence-electron chi connectivity index (χ2n) is 7.15. The lowest BCUT2D eigenvalue weighted by Crippen LogP contribution is -2.06. The molecule has 0 saturated carbocycles. The first-order chi connectivity index (χ1) is 13.6. The molecule has 148 valence electrons. The molecule has 0 saturated heterocycles. The van der Waals surface area contributed by atoms with Crippen molar-refractivity contribution in [3.05, 3.63) is 64.9 Å². The maximum atomic E-state index is 6.42. The van der Waals surface area contributed by atoms with E-state index in [9.17, 15) is 0 Å². The van der Waals surface area contributed by atoms with Gasteiger partial charge < -0.3 is 4.74 Å². The zero-order valence-electron chi connectivity index (χ0n) is 17.2. The molecule has 2 aromatic carbocycles. The van der Waals surface area contributed by atoms with Crippen molar-refractivity contribution in [3.63, 3.8) is 0 Å². The Morgan fingerprint density at radius 1 is 1.04 bits per heavy atom. The first-order valence-corrected chi connectivity index (χ1v) is 10.5. The minimum Gasteiger partial charge on any atom is -0.492 e. The highest BCUT2D eigenvalue weighted by Gasteiger charge is 2.16. The number of ether oxygens (including phenoxy) is 1. The van der Waals surface area contributed by atoms with Gasteiger partial charge in [0.15, 0.2) is 0 Å². The number of rotatable bonds is 8. The summed E-state index contributed by atoms with van der Waals surface area (Å²) in [5.74, 6) is 1.25. The average Bonchev–Trinajstić information content (AvgIpc) is 3.14. The quantitative estimate of drug-likeness (QED) is 0.402. The van der Waals surface area contributed by atoms with Crippen molar-refractivity contribution in [3.8, 4) is 22.6 Å². The molecule has 1 aromatic heterocycles. The normalized spacial score (nSPS) is 12.2. The average molecular weight is 397 g/mol. The SMILES string of the molecule is CCCC(CC)c1ccc(-c2ccc(OCC)c(Cl)c2)cc1-n1ccc(C)n1. The standard InChI is InChI=1S/C24H29ClN2O/c1-5-8-18(6-2)21-11-9-20(16-23(21)27-14-13-17(4)26-27)19-10-12-24(28-7-3)22(25)15-19/h9-16,18H,5-8H2,1-4H3. The monoisotopic (exact) mass is 396 g/mol. The number of benzene rings is 2. The summed E-state index contributed by atoms with van der Waals surface area (Å²) >= 11 is 6.42. The first-order valence-electron chi connectivity index (χ1n) is 10.2. The van der Waals surface area contributed by atoms with E-state index in [-0.39, 0.29) is 0 Å². The highest BCUT2D eigenvalue weighted by Crippen LogP contribution is 2.35. The van der Waals surface area contributed by atoms with Gasteiger partial charge in [-0.05, 0) is 73.6 Å². The highest BCUT2D eigenvalue weighted by atomic mass is 35.5. The van der Waals surface area contributed by atoms with Crippen molar-refractivity contribution in [2.24, 2.45) is 0 Å². The van der Waals surface area contributed by atoms with Gasteiger partial charge in [-0.15, -0.1) is 0 Å². The molecule has 0 fully saturated rings. The summed E-state index contributed by atoms with van der Waals surface area (Å²) in [5, 5.41) is 5.32. The topological polar surface area (TPSA) is 27.1 Å². The molecule has 0 spiro atoms. The zero-order chi connectivity index (χ0) is 20.1. The molecule has 3 rings (SSSR count). The summed E-state index contributed by atoms with van der Waals surface area (Å²) in [6, 6.07) is 14.7. The Labute approximate surface area is 173 Å². The Bertz CT molecular complexity index is 932. The maximum absolute atomic E-state index is 6.42. The van der Waals surface area contributed by atoms with Crippen molar-refractivity contribution in [2.45, 2.75) is 52.9 Å². The van der Waals surface area contributed by atoms with Gasteiger partial charge in [-0.3, -0.25) is 0 Å². The van der Waals surface area contributed by atoms with Crippen LogP contribution in [0, 0.1) is 6.92 Å². The Balaban J connectivity index is 2.08. The van der Waals surface area contributed by atoms with Crippen LogP contribution in [0.1, 0.15) is 57.2 Å². The van der Waals surface area contributed by atoms with Gasteiger partial charge in [0.05, 0.1) is 23.0 Å². The third-order valence-electron chi connectivity index (χ3n) is 5.13. The van der Waals surface area contributed by atoms with E-state index in [1.54, 1.807) is 0 Å². The molecule has 1 heterocycles. The fraction of sp³-hybridized carbons (Fsp3) is 0.375. The number of aromatic nitrogens is 2. The minimum atomic E-state index is 0.530. The zero-order valence-corrected chi connectivity index (χ0v) is 18.0. The molecule has 0 aliphatic rings. The minimum absolute atomic E-state index is 0.530. The van der Waals surface area contributed by atoms with E-state index in [4.69, 9.17) is 16.3 Å². The molecule has 0 radical (unpaired) electrons. The van der Waals surface area contributed by atoms with Crippen LogP contribution in [0.15, 0.2) is 48.7 Å². The highest BCUT2D eigenvalue weighted by molar-refractivity contribution is 6.32. The van der Waals surface area contributed by atoms with E-state index in [1.807, 2.05) is 42.9 Å². The predicted molar refractivity (Wildman–Crippen MR) is 118 cm³/mol. The van der Waals surface area contributed by atoms with E-state index in [1.165, 1.54) is 18.4 Å². The molecule has 1 unspecified atom stereocenters. The lowest BCUT2D eigenvalue weighted by molar-refractivity contribution is 0.340. The summed E-state index contributed by atoms with van der Waals surface area (Å²) in [6.07, 6.45) is 5.52. The molecule has 0 aliphatic carbocycles. The fourth-order valence-electron chi connectivity index (χ4n) is 3.70. The summed E-state index contributed by atoms with van der Waals surface area (Å²) in [6.45, 7) is 9.10. The third-order valence-corrected chi connectivity index (χ3v) is 5.43. The summed E-state index contributed by atoms with van der Waals surface area (Å²) in [5.41, 5.74) is 5.73. The number of hydrogen-bond donors (Lipinski definition) is 0. The van der Waals surface area contributed by atoms with E-state index < -0.39 is 0 Å². The molecule has 1 atom stereocenters. The van der Waals surface area contributed by atoms with Crippen LogP contribution in [0.3, 0.4) is 0 Å². The van der Waals surface area contributed by atoms with Crippen LogP contribution in [0.4, 0.5) is 0 Å². The Morgan fingerprint density at radius 2 is 1.79 bits per heavy atom. The largest absolute Gasteiger partial charge is 0.492 e. The van der Waals surface area contributed by atoms with Crippen LogP contribution >= 0.6 is 11.6 Å². The molecule has 0 N–H and O–H groups in total. The molecule has 3 nitrogen and oxygen atoms in total. The second-order valence-corrected chi connectivity index (χ2v) is 7.55. The van der Waals surface area contributed by atoms with Crippen molar-refractivity contribution in [1.29, 1.82) is 0 Å². The van der Waals surface area contributed by atoms with Crippen molar-refractivity contribution in [1.82, 2.24) is 9.78 Å². The summed E-state index contributed by atoms with van der Waals surface area (Å²) < 4.78 is 7.57. The van der Waals surface area contributed by atoms with Gasteiger partial charge >= 0.3 is 0 Å². The van der Waals surface area contributed by atoms with Crippen LogP contribution in [0.25, 0.3) is 16.8 Å². The van der Waals surface area contributed by atoms with Crippen molar-refractivity contribution in [2.75, 3.05) is 6.61 Å². The van der Waals surface area contributed by atoms with Gasteiger partial charge in [0, 0.05) is 6.20 Å². The van der Waals surface area contributed by atoms with Crippen LogP contribution in [-0.2, 0) is 0 Å². The first kappa shape index (κ1) is 20.5. The van der Waals surface area contributed by atoms with Gasteiger partial charge in [0.25, 0.3) is 0 Å². The molecular formula is C24H29ClN2O. The molecule has 0 bridgehead atoms. The summed E-state index contributed by atoms with van der Waals surface area (Å²) in [4.78, 5) is 0. The number of aryl methyl sites for hydroxylation is 1. The molecule has 4 heteroatoms. The van der Waals surface area contributed by atoms with Gasteiger partial charge in [-0.25, -0.2) is 4.68 Å². The van der Waals surface area contributed by atoms with Gasteiger partial charge in [-0.1, -0.05) is 50.1 Å². The maximum Gasteiger partial charge on any atom is 0.137 e. The lowest BCUT2D eigenvalue weighted by atomic mass is 9.89. The smallest absolute Gasteiger partial charge is 0.137 e. The number of hydrogen-bond acceptors (Lipinski definition) is 2. The predicted octanol–water partition coefficient (Wildman–Crippen LogP) is 7.19. The Hall–Kier alpha value is -2.26.